The van der Waals surface area contributed by atoms with Crippen molar-refractivity contribution < 1.29 is 9.18 Å². The van der Waals surface area contributed by atoms with Gasteiger partial charge in [-0.3, -0.25) is 9.69 Å². The molecule has 5 heteroatoms. The Bertz CT molecular complexity index is 921. The molecule has 0 bridgehead atoms. The molecule has 2 aromatic carbocycles. The number of thiophene rings is 1. The second kappa shape index (κ2) is 8.84. The molecule has 1 aliphatic heterocycles. The van der Waals surface area contributed by atoms with E-state index in [1.54, 1.807) is 18.2 Å². The lowest BCUT2D eigenvalue weighted by molar-refractivity contribution is -0.116. The average molecular weight is 397 g/mol. The van der Waals surface area contributed by atoms with Gasteiger partial charge in [0.25, 0.3) is 0 Å². The van der Waals surface area contributed by atoms with Crippen LogP contribution in [0, 0.1) is 11.7 Å². The number of nitrogens with one attached hydrogen (secondary N) is 1. The smallest absolute Gasteiger partial charge is 0.224 e. The molecule has 1 atom stereocenters. The van der Waals surface area contributed by atoms with Crippen LogP contribution in [0.5, 0.6) is 0 Å². The fourth-order valence-corrected chi connectivity index (χ4v) is 5.08. The van der Waals surface area contributed by atoms with Crippen LogP contribution in [0.15, 0.2) is 54.6 Å². The Kier molecular flexibility index (Phi) is 6.03. The third-order valence-corrected chi connectivity index (χ3v) is 6.49. The van der Waals surface area contributed by atoms with Gasteiger partial charge in [-0.1, -0.05) is 30.3 Å². The van der Waals surface area contributed by atoms with Crippen molar-refractivity contribution in [2.45, 2.75) is 32.2 Å². The molecule has 146 valence electrons. The van der Waals surface area contributed by atoms with Crippen molar-refractivity contribution in [1.82, 2.24) is 4.90 Å². The number of carbonyl (C=O) groups is 1. The minimum atomic E-state index is -0.386. The molecule has 3 nitrogen and oxygen atoms in total. The Balaban J connectivity index is 1.27. The highest BCUT2D eigenvalue weighted by atomic mass is 32.1. The number of amides is 1. The van der Waals surface area contributed by atoms with Crippen LogP contribution >= 0.6 is 11.3 Å². The lowest BCUT2D eigenvalue weighted by Gasteiger charge is -2.32. The van der Waals surface area contributed by atoms with Crippen LogP contribution in [-0.4, -0.2) is 23.9 Å². The van der Waals surface area contributed by atoms with Gasteiger partial charge in [0.2, 0.25) is 5.91 Å². The summed E-state index contributed by atoms with van der Waals surface area (Å²) < 4.78 is 15.0. The molecule has 0 spiro atoms. The molecule has 1 unspecified atom stereocenters. The van der Waals surface area contributed by atoms with Crippen molar-refractivity contribution in [3.63, 3.8) is 0 Å². The van der Waals surface area contributed by atoms with Gasteiger partial charge in [0.05, 0.1) is 5.69 Å². The normalized spacial score (nSPS) is 17.7. The van der Waals surface area contributed by atoms with E-state index in [0.717, 1.165) is 32.5 Å². The van der Waals surface area contributed by atoms with Gasteiger partial charge >= 0.3 is 0 Å². The van der Waals surface area contributed by atoms with Gasteiger partial charge in [0, 0.05) is 29.1 Å². The van der Waals surface area contributed by atoms with E-state index >= 15 is 0 Å². The second-order valence-electron chi connectivity index (χ2n) is 7.56. The van der Waals surface area contributed by atoms with E-state index < -0.39 is 0 Å². The number of nitrogens with zero attached hydrogens (tertiary/aromatic N) is 1. The van der Waals surface area contributed by atoms with Crippen molar-refractivity contribution in [2.75, 3.05) is 18.4 Å². The Morgan fingerprint density at radius 2 is 2.00 bits per heavy atom. The Hall–Kier alpha value is -2.24. The summed E-state index contributed by atoms with van der Waals surface area (Å²) in [6.07, 6.45) is 3.62. The highest BCUT2D eigenvalue weighted by Gasteiger charge is 2.21. The van der Waals surface area contributed by atoms with E-state index in [4.69, 9.17) is 0 Å². The SMILES string of the molecule is O=C(CCC1CCCN(Cc2cc3ccccc3s2)C1)Nc1ccccc1F. The quantitative estimate of drug-likeness (QED) is 0.582. The number of rotatable bonds is 6. The molecule has 0 radical (unpaired) electrons. The number of carbonyl (C=O) groups excluding carboxylic acids is 1. The summed E-state index contributed by atoms with van der Waals surface area (Å²) >= 11 is 1.87. The van der Waals surface area contributed by atoms with Gasteiger partial charge in [-0.25, -0.2) is 4.39 Å². The largest absolute Gasteiger partial charge is 0.324 e. The number of para-hydroxylation sites is 1. The number of fused-ring (bicyclic) bond motifs is 1. The van der Waals surface area contributed by atoms with Crippen molar-refractivity contribution >= 4 is 33.0 Å². The molecule has 0 aliphatic carbocycles. The van der Waals surface area contributed by atoms with Gasteiger partial charge in [-0.05, 0) is 61.4 Å². The zero-order valence-electron chi connectivity index (χ0n) is 15.9. The summed E-state index contributed by atoms with van der Waals surface area (Å²) in [5.41, 5.74) is 0.266. The molecule has 1 fully saturated rings. The maximum absolute atomic E-state index is 13.7. The topological polar surface area (TPSA) is 32.3 Å². The number of benzene rings is 2. The van der Waals surface area contributed by atoms with Gasteiger partial charge in [-0.15, -0.1) is 11.3 Å². The molecule has 1 saturated heterocycles. The zero-order chi connectivity index (χ0) is 19.3. The molecule has 4 rings (SSSR count). The van der Waals surface area contributed by atoms with E-state index in [1.807, 2.05) is 11.3 Å². The highest BCUT2D eigenvalue weighted by molar-refractivity contribution is 7.19. The predicted octanol–water partition coefficient (Wildman–Crippen LogP) is 5.67. The van der Waals surface area contributed by atoms with Crippen LogP contribution < -0.4 is 5.32 Å². The first kappa shape index (κ1) is 19.1. The summed E-state index contributed by atoms with van der Waals surface area (Å²) in [7, 11) is 0. The van der Waals surface area contributed by atoms with E-state index in [1.165, 1.54) is 27.5 Å². The number of anilines is 1. The van der Waals surface area contributed by atoms with Gasteiger partial charge in [-0.2, -0.15) is 0 Å². The fraction of sp³-hybridized carbons (Fsp3) is 0.348. The third kappa shape index (κ3) is 4.78. The first-order valence-electron chi connectivity index (χ1n) is 9.91. The summed E-state index contributed by atoms with van der Waals surface area (Å²) in [5.74, 6) is 0.0317. The van der Waals surface area contributed by atoms with E-state index in [-0.39, 0.29) is 17.4 Å². The monoisotopic (exact) mass is 396 g/mol. The molecule has 1 amide bonds. The summed E-state index contributed by atoms with van der Waals surface area (Å²) in [4.78, 5) is 16.1. The minimum Gasteiger partial charge on any atom is -0.324 e. The molecule has 1 N–H and O–H groups in total. The van der Waals surface area contributed by atoms with Crippen LogP contribution in [0.4, 0.5) is 10.1 Å². The summed E-state index contributed by atoms with van der Waals surface area (Å²) in [6, 6.07) is 17.1. The van der Waals surface area contributed by atoms with E-state index in [0.29, 0.717) is 12.3 Å². The predicted molar refractivity (Wildman–Crippen MR) is 114 cm³/mol. The van der Waals surface area contributed by atoms with Crippen LogP contribution in [0.2, 0.25) is 0 Å². The highest BCUT2D eigenvalue weighted by Crippen LogP contribution is 2.28. The molecule has 3 aromatic rings. The van der Waals surface area contributed by atoms with Crippen molar-refractivity contribution in [3.8, 4) is 0 Å². The number of likely N-dealkylation sites (tertiary alicyclic amines) is 1. The Labute approximate surface area is 169 Å². The molecule has 2 heterocycles. The average Bonchev–Trinajstić information content (AvgIpc) is 3.11. The molecule has 1 aromatic heterocycles. The second-order valence-corrected chi connectivity index (χ2v) is 8.73. The lowest BCUT2D eigenvalue weighted by Crippen LogP contribution is -2.35. The molecule has 0 saturated carbocycles. The van der Waals surface area contributed by atoms with Crippen molar-refractivity contribution in [1.29, 1.82) is 0 Å². The van der Waals surface area contributed by atoms with Crippen LogP contribution in [-0.2, 0) is 11.3 Å². The molecule has 28 heavy (non-hydrogen) atoms. The van der Waals surface area contributed by atoms with Crippen molar-refractivity contribution in [3.05, 3.63) is 65.3 Å². The number of hydrogen-bond acceptors (Lipinski definition) is 3. The van der Waals surface area contributed by atoms with Gasteiger partial charge < -0.3 is 5.32 Å². The molecular weight excluding hydrogens is 371 g/mol. The Morgan fingerprint density at radius 3 is 2.86 bits per heavy atom. The molecular formula is C23H25FN2OS. The lowest BCUT2D eigenvalue weighted by atomic mass is 9.93. The summed E-state index contributed by atoms with van der Waals surface area (Å²) in [5, 5.41) is 4.01. The summed E-state index contributed by atoms with van der Waals surface area (Å²) in [6.45, 7) is 3.13. The van der Waals surface area contributed by atoms with E-state index in [9.17, 15) is 9.18 Å². The van der Waals surface area contributed by atoms with Crippen LogP contribution in [0.25, 0.3) is 10.1 Å². The first-order valence-corrected chi connectivity index (χ1v) is 10.7. The van der Waals surface area contributed by atoms with E-state index in [2.05, 4.69) is 40.5 Å². The number of hydrogen-bond donors (Lipinski definition) is 1. The third-order valence-electron chi connectivity index (χ3n) is 5.39. The van der Waals surface area contributed by atoms with Crippen LogP contribution in [0.1, 0.15) is 30.6 Å². The number of piperidine rings is 1. The fourth-order valence-electron chi connectivity index (χ4n) is 3.98. The van der Waals surface area contributed by atoms with Crippen molar-refractivity contribution in [2.24, 2.45) is 5.92 Å². The zero-order valence-corrected chi connectivity index (χ0v) is 16.7. The van der Waals surface area contributed by atoms with Gasteiger partial charge in [0.1, 0.15) is 5.82 Å². The van der Waals surface area contributed by atoms with Crippen LogP contribution in [0.3, 0.4) is 0 Å². The first-order chi connectivity index (χ1) is 13.7. The minimum absolute atomic E-state index is 0.105. The Morgan fingerprint density at radius 1 is 1.18 bits per heavy atom. The maximum atomic E-state index is 13.7. The van der Waals surface area contributed by atoms with Gasteiger partial charge in [0.15, 0.2) is 0 Å². The number of halogens is 1. The standard InChI is InChI=1S/C23H25FN2OS/c24-20-8-2-3-9-21(20)25-23(27)12-11-17-6-5-13-26(15-17)16-19-14-18-7-1-4-10-22(18)28-19/h1-4,7-10,14,17H,5-6,11-13,15-16H2,(H,25,27). The maximum Gasteiger partial charge on any atom is 0.224 e. The molecule has 1 aliphatic rings.